The maximum atomic E-state index is 12.5. The molecule has 1 unspecified atom stereocenters. The molecule has 0 aliphatic heterocycles. The Bertz CT molecular complexity index is 800. The highest BCUT2D eigenvalue weighted by molar-refractivity contribution is 6.02. The van der Waals surface area contributed by atoms with Crippen LogP contribution in [0.2, 0.25) is 0 Å². The van der Waals surface area contributed by atoms with E-state index in [9.17, 15) is 9.90 Å². The highest BCUT2D eigenvalue weighted by Gasteiger charge is 2.24. The van der Waals surface area contributed by atoms with Gasteiger partial charge in [-0.1, -0.05) is 48.0 Å². The lowest BCUT2D eigenvalue weighted by atomic mass is 9.97. The van der Waals surface area contributed by atoms with E-state index in [1.165, 1.54) is 0 Å². The Morgan fingerprint density at radius 3 is 2.43 bits per heavy atom. The van der Waals surface area contributed by atoms with Crippen molar-refractivity contribution in [3.8, 4) is 0 Å². The SMILES string of the molecule is Cc1ccc(C(=O)C(O)c2c(C)[nH]c3ccccc23)cc1. The number of aryl methyl sites for hydroxylation is 2. The molecule has 0 saturated heterocycles. The molecule has 3 nitrogen and oxygen atoms in total. The molecule has 0 bridgehead atoms. The van der Waals surface area contributed by atoms with E-state index in [1.807, 2.05) is 50.2 Å². The van der Waals surface area contributed by atoms with Crippen molar-refractivity contribution in [3.05, 3.63) is 70.9 Å². The highest BCUT2D eigenvalue weighted by Crippen LogP contribution is 2.29. The first kappa shape index (κ1) is 13.6. The summed E-state index contributed by atoms with van der Waals surface area (Å²) in [5.41, 5.74) is 4.03. The molecule has 0 fully saturated rings. The van der Waals surface area contributed by atoms with Crippen LogP contribution in [0.4, 0.5) is 0 Å². The van der Waals surface area contributed by atoms with Crippen molar-refractivity contribution in [1.82, 2.24) is 4.98 Å². The number of aromatic nitrogens is 1. The maximum Gasteiger partial charge on any atom is 0.195 e. The fourth-order valence-corrected chi connectivity index (χ4v) is 2.66. The zero-order valence-corrected chi connectivity index (χ0v) is 12.1. The van der Waals surface area contributed by atoms with Crippen LogP contribution in [-0.2, 0) is 0 Å². The number of benzene rings is 2. The number of hydrogen-bond donors (Lipinski definition) is 2. The minimum absolute atomic E-state index is 0.275. The summed E-state index contributed by atoms with van der Waals surface area (Å²) >= 11 is 0. The third-order valence-electron chi connectivity index (χ3n) is 3.80. The predicted molar refractivity (Wildman–Crippen MR) is 83.5 cm³/mol. The van der Waals surface area contributed by atoms with E-state index >= 15 is 0 Å². The first-order chi connectivity index (χ1) is 10.1. The van der Waals surface area contributed by atoms with Crippen molar-refractivity contribution in [2.45, 2.75) is 20.0 Å². The fraction of sp³-hybridized carbons (Fsp3) is 0.167. The molecule has 0 aliphatic rings. The van der Waals surface area contributed by atoms with E-state index in [1.54, 1.807) is 12.1 Å². The average Bonchev–Trinajstić information content (AvgIpc) is 2.82. The molecule has 0 amide bonds. The van der Waals surface area contributed by atoms with Crippen molar-refractivity contribution in [2.75, 3.05) is 0 Å². The van der Waals surface area contributed by atoms with Crippen LogP contribution in [0.25, 0.3) is 10.9 Å². The van der Waals surface area contributed by atoms with Crippen LogP contribution in [-0.4, -0.2) is 15.9 Å². The average molecular weight is 279 g/mol. The first-order valence-corrected chi connectivity index (χ1v) is 6.94. The number of H-pyrrole nitrogens is 1. The number of para-hydroxylation sites is 1. The molecule has 2 N–H and O–H groups in total. The van der Waals surface area contributed by atoms with Gasteiger partial charge in [-0.05, 0) is 19.9 Å². The highest BCUT2D eigenvalue weighted by atomic mass is 16.3. The van der Waals surface area contributed by atoms with E-state index in [-0.39, 0.29) is 5.78 Å². The molecule has 21 heavy (non-hydrogen) atoms. The van der Waals surface area contributed by atoms with Crippen molar-refractivity contribution in [3.63, 3.8) is 0 Å². The number of carbonyl (C=O) groups is 1. The number of hydrogen-bond acceptors (Lipinski definition) is 2. The van der Waals surface area contributed by atoms with Gasteiger partial charge in [-0.15, -0.1) is 0 Å². The second-order valence-electron chi connectivity index (χ2n) is 5.34. The van der Waals surface area contributed by atoms with Crippen molar-refractivity contribution in [2.24, 2.45) is 0 Å². The predicted octanol–water partition coefficient (Wildman–Crippen LogP) is 3.70. The van der Waals surface area contributed by atoms with Crippen LogP contribution in [0.1, 0.15) is 33.3 Å². The molecular weight excluding hydrogens is 262 g/mol. The van der Waals surface area contributed by atoms with Gasteiger partial charge in [0.2, 0.25) is 0 Å². The van der Waals surface area contributed by atoms with Crippen LogP contribution in [0.3, 0.4) is 0 Å². The van der Waals surface area contributed by atoms with Gasteiger partial charge in [-0.2, -0.15) is 0 Å². The number of Topliss-reactive ketones (excluding diaryl/α,β-unsaturated/α-hetero) is 1. The van der Waals surface area contributed by atoms with Gasteiger partial charge in [0.25, 0.3) is 0 Å². The van der Waals surface area contributed by atoms with Crippen LogP contribution in [0.15, 0.2) is 48.5 Å². The van der Waals surface area contributed by atoms with Gasteiger partial charge in [0.1, 0.15) is 6.10 Å². The lowest BCUT2D eigenvalue weighted by Crippen LogP contribution is -2.13. The van der Waals surface area contributed by atoms with E-state index in [2.05, 4.69) is 4.98 Å². The number of fused-ring (bicyclic) bond motifs is 1. The topological polar surface area (TPSA) is 53.1 Å². The van der Waals surface area contributed by atoms with E-state index in [4.69, 9.17) is 0 Å². The zero-order valence-electron chi connectivity index (χ0n) is 12.1. The van der Waals surface area contributed by atoms with Gasteiger partial charge >= 0.3 is 0 Å². The smallest absolute Gasteiger partial charge is 0.195 e. The lowest BCUT2D eigenvalue weighted by Gasteiger charge is -2.11. The molecule has 1 heterocycles. The molecule has 1 aromatic heterocycles. The molecule has 0 radical (unpaired) electrons. The summed E-state index contributed by atoms with van der Waals surface area (Å²) < 4.78 is 0. The van der Waals surface area contributed by atoms with Crippen molar-refractivity contribution >= 4 is 16.7 Å². The lowest BCUT2D eigenvalue weighted by molar-refractivity contribution is 0.0748. The number of carbonyl (C=O) groups excluding carboxylic acids is 1. The van der Waals surface area contributed by atoms with Gasteiger partial charge in [0.15, 0.2) is 5.78 Å². The summed E-state index contributed by atoms with van der Waals surface area (Å²) in [4.78, 5) is 15.7. The maximum absolute atomic E-state index is 12.5. The minimum Gasteiger partial charge on any atom is -0.380 e. The van der Waals surface area contributed by atoms with Crippen LogP contribution < -0.4 is 0 Å². The standard InChI is InChI=1S/C18H17NO2/c1-11-7-9-13(10-8-11)17(20)18(21)16-12(2)19-15-6-4-3-5-14(15)16/h3-10,18-19,21H,1-2H3. The summed E-state index contributed by atoms with van der Waals surface area (Å²) in [5.74, 6) is -0.275. The van der Waals surface area contributed by atoms with Gasteiger partial charge in [-0.25, -0.2) is 0 Å². The van der Waals surface area contributed by atoms with E-state index in [0.717, 1.165) is 22.2 Å². The quantitative estimate of drug-likeness (QED) is 0.718. The van der Waals surface area contributed by atoms with Crippen LogP contribution >= 0.6 is 0 Å². The number of nitrogens with one attached hydrogen (secondary N) is 1. The van der Waals surface area contributed by atoms with Crippen molar-refractivity contribution in [1.29, 1.82) is 0 Å². The van der Waals surface area contributed by atoms with Gasteiger partial charge in [-0.3, -0.25) is 4.79 Å². The number of aliphatic hydroxyl groups excluding tert-OH is 1. The monoisotopic (exact) mass is 279 g/mol. The fourth-order valence-electron chi connectivity index (χ4n) is 2.66. The van der Waals surface area contributed by atoms with E-state index < -0.39 is 6.10 Å². The Labute approximate surface area is 123 Å². The Kier molecular flexibility index (Phi) is 3.35. The van der Waals surface area contributed by atoms with E-state index in [0.29, 0.717) is 11.1 Å². The Balaban J connectivity index is 2.04. The summed E-state index contributed by atoms with van der Waals surface area (Å²) in [5, 5.41) is 11.4. The third kappa shape index (κ3) is 2.36. The molecule has 3 aromatic rings. The molecule has 1 atom stereocenters. The number of rotatable bonds is 3. The van der Waals surface area contributed by atoms with Crippen molar-refractivity contribution < 1.29 is 9.90 Å². The van der Waals surface area contributed by atoms with Crippen LogP contribution in [0.5, 0.6) is 0 Å². The largest absolute Gasteiger partial charge is 0.380 e. The second-order valence-corrected chi connectivity index (χ2v) is 5.34. The summed E-state index contributed by atoms with van der Waals surface area (Å²) in [6, 6.07) is 15.0. The van der Waals surface area contributed by atoms with Crippen LogP contribution in [0, 0.1) is 13.8 Å². The molecule has 0 aliphatic carbocycles. The zero-order chi connectivity index (χ0) is 15.0. The van der Waals surface area contributed by atoms with Gasteiger partial charge < -0.3 is 10.1 Å². The normalized spacial score (nSPS) is 12.5. The Morgan fingerprint density at radius 1 is 1.05 bits per heavy atom. The molecule has 3 heteroatoms. The molecular formula is C18H17NO2. The summed E-state index contributed by atoms with van der Waals surface area (Å²) in [6.45, 7) is 3.84. The third-order valence-corrected chi connectivity index (χ3v) is 3.80. The Hall–Kier alpha value is -2.39. The molecule has 2 aromatic carbocycles. The minimum atomic E-state index is -1.15. The molecule has 0 saturated carbocycles. The number of ketones is 1. The molecule has 106 valence electrons. The number of aromatic amines is 1. The molecule has 3 rings (SSSR count). The molecule has 0 spiro atoms. The summed E-state index contributed by atoms with van der Waals surface area (Å²) in [6.07, 6.45) is -1.15. The first-order valence-electron chi connectivity index (χ1n) is 6.94. The summed E-state index contributed by atoms with van der Waals surface area (Å²) in [7, 11) is 0. The Morgan fingerprint density at radius 2 is 1.71 bits per heavy atom. The second kappa shape index (κ2) is 5.19. The number of aliphatic hydroxyl groups is 1. The van der Waals surface area contributed by atoms with Gasteiger partial charge in [0.05, 0.1) is 0 Å². The van der Waals surface area contributed by atoms with Gasteiger partial charge in [0, 0.05) is 27.7 Å².